The van der Waals surface area contributed by atoms with Crippen molar-refractivity contribution < 1.29 is 0 Å². The second kappa shape index (κ2) is 4.49. The van der Waals surface area contributed by atoms with Gasteiger partial charge in [0, 0.05) is 6.04 Å². The van der Waals surface area contributed by atoms with Crippen molar-refractivity contribution in [3.05, 3.63) is 34.6 Å². The molecule has 1 aromatic heterocycles. The van der Waals surface area contributed by atoms with Gasteiger partial charge in [-0.1, -0.05) is 38.1 Å². The molecule has 0 saturated heterocycles. The maximum Gasteiger partial charge on any atom is 0.277 e. The van der Waals surface area contributed by atoms with Crippen LogP contribution in [0.3, 0.4) is 0 Å². The van der Waals surface area contributed by atoms with Gasteiger partial charge in [0.25, 0.3) is 5.56 Å². The molecule has 0 aliphatic heterocycles. The number of benzene rings is 1. The van der Waals surface area contributed by atoms with E-state index in [1.807, 2.05) is 32.9 Å². The zero-order chi connectivity index (χ0) is 13.3. The fraction of sp³-hybridized carbons (Fsp3) is 0.462. The predicted octanol–water partition coefficient (Wildman–Crippen LogP) is 1.16. The van der Waals surface area contributed by atoms with Crippen LogP contribution in [0.15, 0.2) is 29.1 Å². The van der Waals surface area contributed by atoms with Crippen molar-refractivity contribution in [2.45, 2.75) is 33.4 Å². The van der Waals surface area contributed by atoms with Crippen LogP contribution in [-0.4, -0.2) is 21.0 Å². The molecule has 0 aliphatic rings. The van der Waals surface area contributed by atoms with E-state index in [4.69, 9.17) is 5.73 Å². The quantitative estimate of drug-likeness (QED) is 0.863. The standard InChI is InChI=1S/C13H18N4O/c1-13(2,3)11(14)8-17-12(18)9-6-4-5-7-10(9)15-16-17/h4-7,11H,8,14H2,1-3H3. The Hall–Kier alpha value is -1.75. The average Bonchev–Trinajstić information content (AvgIpc) is 2.32. The van der Waals surface area contributed by atoms with Crippen molar-refractivity contribution in [1.29, 1.82) is 0 Å². The third kappa shape index (κ3) is 2.41. The molecule has 1 aromatic carbocycles. The number of hydrogen-bond acceptors (Lipinski definition) is 4. The van der Waals surface area contributed by atoms with Gasteiger partial charge in [0.2, 0.25) is 0 Å². The molecule has 0 amide bonds. The molecule has 1 atom stereocenters. The first kappa shape index (κ1) is 12.7. The molecule has 1 unspecified atom stereocenters. The Labute approximate surface area is 106 Å². The largest absolute Gasteiger partial charge is 0.326 e. The molecular formula is C13H18N4O. The first-order valence-corrected chi connectivity index (χ1v) is 5.98. The van der Waals surface area contributed by atoms with Crippen LogP contribution in [0, 0.1) is 5.41 Å². The molecule has 0 radical (unpaired) electrons. The van der Waals surface area contributed by atoms with Crippen LogP contribution in [0.2, 0.25) is 0 Å². The van der Waals surface area contributed by atoms with E-state index in [1.165, 1.54) is 4.68 Å². The van der Waals surface area contributed by atoms with Crippen LogP contribution in [0.1, 0.15) is 20.8 Å². The van der Waals surface area contributed by atoms with Gasteiger partial charge in [-0.2, -0.15) is 0 Å². The zero-order valence-electron chi connectivity index (χ0n) is 10.9. The molecule has 0 saturated carbocycles. The van der Waals surface area contributed by atoms with E-state index >= 15 is 0 Å². The molecule has 5 nitrogen and oxygen atoms in total. The summed E-state index contributed by atoms with van der Waals surface area (Å²) in [7, 11) is 0. The smallest absolute Gasteiger partial charge is 0.277 e. The van der Waals surface area contributed by atoms with E-state index in [0.717, 1.165) is 0 Å². The van der Waals surface area contributed by atoms with Crippen LogP contribution < -0.4 is 11.3 Å². The van der Waals surface area contributed by atoms with Gasteiger partial charge in [-0.3, -0.25) is 4.79 Å². The SMILES string of the molecule is CC(C)(C)C(N)Cn1nnc2ccccc2c1=O. The third-order valence-electron chi connectivity index (χ3n) is 3.11. The number of rotatable bonds is 2. The minimum atomic E-state index is -0.148. The number of aromatic nitrogens is 3. The molecular weight excluding hydrogens is 228 g/mol. The molecule has 2 rings (SSSR count). The Bertz CT molecular complexity index is 612. The van der Waals surface area contributed by atoms with Crippen molar-refractivity contribution in [3.63, 3.8) is 0 Å². The lowest BCUT2D eigenvalue weighted by molar-refractivity contribution is 0.277. The van der Waals surface area contributed by atoms with Crippen LogP contribution in [-0.2, 0) is 6.54 Å². The number of hydrogen-bond donors (Lipinski definition) is 1. The summed E-state index contributed by atoms with van der Waals surface area (Å²) in [6, 6.07) is 7.04. The van der Waals surface area contributed by atoms with Crippen molar-refractivity contribution in [1.82, 2.24) is 15.0 Å². The van der Waals surface area contributed by atoms with Crippen molar-refractivity contribution in [2.24, 2.45) is 11.1 Å². The summed E-state index contributed by atoms with van der Waals surface area (Å²) in [6.45, 7) is 6.49. The summed E-state index contributed by atoms with van der Waals surface area (Å²) < 4.78 is 1.35. The molecule has 0 bridgehead atoms. The summed E-state index contributed by atoms with van der Waals surface area (Å²) >= 11 is 0. The van der Waals surface area contributed by atoms with E-state index in [1.54, 1.807) is 12.1 Å². The van der Waals surface area contributed by atoms with Crippen molar-refractivity contribution >= 4 is 10.9 Å². The zero-order valence-corrected chi connectivity index (χ0v) is 10.9. The summed E-state index contributed by atoms with van der Waals surface area (Å²) in [5.74, 6) is 0. The molecule has 1 heterocycles. The predicted molar refractivity (Wildman–Crippen MR) is 71.2 cm³/mol. The normalized spacial score (nSPS) is 13.8. The van der Waals surface area contributed by atoms with Crippen molar-refractivity contribution in [3.8, 4) is 0 Å². The lowest BCUT2D eigenvalue weighted by Gasteiger charge is -2.26. The number of fused-ring (bicyclic) bond motifs is 1. The van der Waals surface area contributed by atoms with Crippen LogP contribution in [0.4, 0.5) is 0 Å². The van der Waals surface area contributed by atoms with E-state index in [-0.39, 0.29) is 17.0 Å². The summed E-state index contributed by atoms with van der Waals surface area (Å²) in [5, 5.41) is 8.55. The summed E-state index contributed by atoms with van der Waals surface area (Å²) in [4.78, 5) is 12.2. The molecule has 2 aromatic rings. The van der Waals surface area contributed by atoms with E-state index in [2.05, 4.69) is 10.3 Å². The topological polar surface area (TPSA) is 73.8 Å². The van der Waals surface area contributed by atoms with Gasteiger partial charge in [0.15, 0.2) is 0 Å². The minimum absolute atomic E-state index is 0.0766. The maximum atomic E-state index is 12.2. The van der Waals surface area contributed by atoms with Crippen molar-refractivity contribution in [2.75, 3.05) is 0 Å². The van der Waals surface area contributed by atoms with Gasteiger partial charge < -0.3 is 5.73 Å². The monoisotopic (exact) mass is 246 g/mol. The minimum Gasteiger partial charge on any atom is -0.326 e. The summed E-state index contributed by atoms with van der Waals surface area (Å²) in [6.07, 6.45) is 0. The Balaban J connectivity index is 2.41. The first-order valence-electron chi connectivity index (χ1n) is 5.98. The molecule has 18 heavy (non-hydrogen) atoms. The third-order valence-corrected chi connectivity index (χ3v) is 3.11. The van der Waals surface area contributed by atoms with Crippen LogP contribution in [0.25, 0.3) is 10.9 Å². The van der Waals surface area contributed by atoms with Crippen LogP contribution >= 0.6 is 0 Å². The number of nitrogens with two attached hydrogens (primary N) is 1. The average molecular weight is 246 g/mol. The summed E-state index contributed by atoms with van der Waals surface area (Å²) in [5.41, 5.74) is 6.47. The Morgan fingerprint density at radius 3 is 2.67 bits per heavy atom. The highest BCUT2D eigenvalue weighted by atomic mass is 16.1. The van der Waals surface area contributed by atoms with E-state index in [9.17, 15) is 4.79 Å². The lowest BCUT2D eigenvalue weighted by atomic mass is 9.87. The van der Waals surface area contributed by atoms with Gasteiger partial charge in [-0.05, 0) is 17.5 Å². The highest BCUT2D eigenvalue weighted by Crippen LogP contribution is 2.18. The van der Waals surface area contributed by atoms with E-state index < -0.39 is 0 Å². The maximum absolute atomic E-state index is 12.2. The van der Waals surface area contributed by atoms with Gasteiger partial charge in [-0.25, -0.2) is 4.68 Å². The molecule has 0 spiro atoms. The molecule has 0 aliphatic carbocycles. The van der Waals surface area contributed by atoms with Gasteiger partial charge >= 0.3 is 0 Å². The first-order chi connectivity index (χ1) is 8.39. The lowest BCUT2D eigenvalue weighted by Crippen LogP contribution is -2.42. The molecule has 96 valence electrons. The fourth-order valence-corrected chi connectivity index (χ4v) is 1.60. The fourth-order valence-electron chi connectivity index (χ4n) is 1.60. The second-order valence-corrected chi connectivity index (χ2v) is 5.57. The highest BCUT2D eigenvalue weighted by molar-refractivity contribution is 5.76. The Morgan fingerprint density at radius 2 is 2.00 bits per heavy atom. The second-order valence-electron chi connectivity index (χ2n) is 5.57. The number of nitrogens with zero attached hydrogens (tertiary/aromatic N) is 3. The Kier molecular flexibility index (Phi) is 3.17. The van der Waals surface area contributed by atoms with Crippen LogP contribution in [0.5, 0.6) is 0 Å². The van der Waals surface area contributed by atoms with Gasteiger partial charge in [0.05, 0.1) is 11.9 Å². The Morgan fingerprint density at radius 1 is 1.33 bits per heavy atom. The molecule has 5 heteroatoms. The molecule has 0 fully saturated rings. The van der Waals surface area contributed by atoms with Gasteiger partial charge in [-0.15, -0.1) is 5.10 Å². The molecule has 2 N–H and O–H groups in total. The van der Waals surface area contributed by atoms with Gasteiger partial charge in [0.1, 0.15) is 5.52 Å². The van der Waals surface area contributed by atoms with E-state index in [0.29, 0.717) is 17.4 Å². The highest BCUT2D eigenvalue weighted by Gasteiger charge is 2.22.